The van der Waals surface area contributed by atoms with Gasteiger partial charge in [-0.05, 0) is 171 Å². The van der Waals surface area contributed by atoms with Crippen molar-refractivity contribution in [2.24, 2.45) is 17.8 Å². The maximum atomic E-state index is 15.5. The summed E-state index contributed by atoms with van der Waals surface area (Å²) in [5.41, 5.74) is 7.66. The van der Waals surface area contributed by atoms with E-state index in [1.807, 2.05) is 6.92 Å². The Bertz CT molecular complexity index is 3050. The summed E-state index contributed by atoms with van der Waals surface area (Å²) < 4.78 is 32.8. The molecule has 0 unspecified atom stereocenters. The van der Waals surface area contributed by atoms with E-state index in [2.05, 4.69) is 72.8 Å². The Morgan fingerprint density at radius 2 is 1.58 bits per heavy atom. The molecule has 408 valence electrons. The lowest BCUT2D eigenvalue weighted by Crippen LogP contribution is -2.58. The summed E-state index contributed by atoms with van der Waals surface area (Å²) in [6.45, 7) is 2.70. The second kappa shape index (κ2) is 22.6. The number of esters is 2. The summed E-state index contributed by atoms with van der Waals surface area (Å²) in [4.78, 5) is 45.0. The predicted molar refractivity (Wildman–Crippen MR) is 295 cm³/mol. The van der Waals surface area contributed by atoms with Gasteiger partial charge in [0.15, 0.2) is 12.2 Å². The van der Waals surface area contributed by atoms with E-state index >= 15 is 9.59 Å². The minimum atomic E-state index is -1.30. The summed E-state index contributed by atoms with van der Waals surface area (Å²) in [6, 6.07) is 30.8. The fourth-order valence-electron chi connectivity index (χ4n) is 15.7. The van der Waals surface area contributed by atoms with Crippen molar-refractivity contribution in [3.63, 3.8) is 0 Å². The van der Waals surface area contributed by atoms with Crippen LogP contribution in [0.25, 0.3) is 11.0 Å². The first-order valence-corrected chi connectivity index (χ1v) is 29.0. The van der Waals surface area contributed by atoms with E-state index in [1.54, 1.807) is 19.1 Å². The largest absolute Gasteiger partial charge is 0.483 e. The van der Waals surface area contributed by atoms with E-state index in [1.165, 1.54) is 60.6 Å². The molecule has 11 nitrogen and oxygen atoms in total. The lowest BCUT2D eigenvalue weighted by molar-refractivity contribution is -0.201. The number of carbonyl (C=O) groups excluding carboxylic acids is 2. The molecular weight excluding hydrogens is 969 g/mol. The van der Waals surface area contributed by atoms with Gasteiger partial charge in [0.1, 0.15) is 16.9 Å². The second-order valence-electron chi connectivity index (χ2n) is 23.8. The van der Waals surface area contributed by atoms with E-state index < -0.39 is 47.9 Å². The van der Waals surface area contributed by atoms with Gasteiger partial charge in [-0.1, -0.05) is 105 Å². The van der Waals surface area contributed by atoms with Crippen molar-refractivity contribution in [1.29, 1.82) is 0 Å². The molecule has 0 saturated heterocycles. The third-order valence-electron chi connectivity index (χ3n) is 19.7. The Morgan fingerprint density at radius 1 is 0.792 bits per heavy atom. The second-order valence-corrected chi connectivity index (χ2v) is 23.8. The molecule has 0 spiro atoms. The summed E-state index contributed by atoms with van der Waals surface area (Å²) >= 11 is 0. The van der Waals surface area contributed by atoms with Crippen molar-refractivity contribution in [1.82, 2.24) is 0 Å². The van der Waals surface area contributed by atoms with Crippen molar-refractivity contribution in [3.05, 3.63) is 157 Å². The van der Waals surface area contributed by atoms with Crippen LogP contribution in [0.3, 0.4) is 0 Å². The molecule has 3 fully saturated rings. The van der Waals surface area contributed by atoms with Crippen molar-refractivity contribution in [2.75, 3.05) is 26.9 Å². The molecule has 0 radical (unpaired) electrons. The van der Waals surface area contributed by atoms with E-state index in [-0.39, 0.29) is 78.5 Å². The van der Waals surface area contributed by atoms with Gasteiger partial charge in [-0.2, -0.15) is 0 Å². The third-order valence-corrected chi connectivity index (χ3v) is 19.7. The van der Waals surface area contributed by atoms with Gasteiger partial charge in [0.2, 0.25) is 0 Å². The van der Waals surface area contributed by atoms with Crippen LogP contribution < -0.4 is 10.4 Å². The molecule has 3 aliphatic heterocycles. The first-order valence-electron chi connectivity index (χ1n) is 29.0. The molecular formula is C66H78O11. The molecule has 9 atom stereocenters. The lowest BCUT2D eigenvalue weighted by Gasteiger charge is -2.50. The fourth-order valence-corrected chi connectivity index (χ4v) is 15.7. The number of ether oxygens (including phenoxy) is 4. The summed E-state index contributed by atoms with van der Waals surface area (Å²) in [5, 5.41) is 32.2. The quantitative estimate of drug-likeness (QED) is 0.0693. The van der Waals surface area contributed by atoms with Gasteiger partial charge >= 0.3 is 17.6 Å². The topological polar surface area (TPSA) is 162 Å². The molecule has 7 aliphatic rings. The number of methoxy groups -OCH3 is 1. The minimum absolute atomic E-state index is 0.0127. The van der Waals surface area contributed by atoms with Crippen LogP contribution >= 0.6 is 0 Å². The van der Waals surface area contributed by atoms with Crippen molar-refractivity contribution < 1.29 is 48.3 Å². The average Bonchev–Trinajstić information content (AvgIpc) is 3.61. The van der Waals surface area contributed by atoms with E-state index in [0.29, 0.717) is 46.6 Å². The van der Waals surface area contributed by atoms with Crippen LogP contribution in [0.15, 0.2) is 105 Å². The van der Waals surface area contributed by atoms with Crippen LogP contribution in [-0.2, 0) is 48.7 Å². The zero-order valence-corrected chi connectivity index (χ0v) is 45.4. The minimum Gasteiger partial charge on any atom is -0.483 e. The standard InChI is InChI=1S/C66H78O11/c1-40(37-68)51-27-21-41-19-22-42(23-20-41)52-28-25-45(44-13-11-17-50(35-44)66-32-10-9-16-49(66)26-24-43-12-7-8-18-55(43)66)34-47(52)36-57(70)74-61-59-56(77-65(2,62(61)76-63(51)71)48-14-5-4-6-15-48)30-29-53-54(38-69)58(64(72)75-60(53)59)46(31-33-67)39-73-3/h7-8,11-13,17-20,22-23,29-30,35,45-49,52,61-62,67-69H,4-6,9-10,14-16,21,24-28,31-34,36-39H2,1-3H3/b51-40-/t45-,46-,47+,49-,52+,61-,62+,65+,66-/m1/s1. The molecule has 77 heavy (non-hydrogen) atoms. The lowest BCUT2D eigenvalue weighted by atomic mass is 9.54. The number of aryl methyl sites for hydroxylation is 2. The van der Waals surface area contributed by atoms with E-state index in [0.717, 1.165) is 69.8 Å². The zero-order valence-electron chi connectivity index (χ0n) is 45.4. The molecule has 4 aliphatic carbocycles. The van der Waals surface area contributed by atoms with Gasteiger partial charge in [0.05, 0.1) is 25.4 Å². The van der Waals surface area contributed by atoms with Crippen LogP contribution in [-0.4, -0.2) is 65.9 Å². The van der Waals surface area contributed by atoms with Crippen molar-refractivity contribution >= 4 is 22.9 Å². The first-order chi connectivity index (χ1) is 37.5. The Balaban J connectivity index is 1.03. The Morgan fingerprint density at radius 3 is 2.36 bits per heavy atom. The number of rotatable bonds is 10. The van der Waals surface area contributed by atoms with E-state index in [4.69, 9.17) is 23.4 Å². The Labute approximate surface area is 453 Å². The van der Waals surface area contributed by atoms with Gasteiger partial charge < -0.3 is 38.7 Å². The highest BCUT2D eigenvalue weighted by Crippen LogP contribution is 2.56. The van der Waals surface area contributed by atoms with Crippen LogP contribution in [0.5, 0.6) is 5.75 Å². The van der Waals surface area contributed by atoms with Gasteiger partial charge in [0, 0.05) is 53.9 Å². The van der Waals surface area contributed by atoms with Crippen LogP contribution in [0, 0.1) is 17.8 Å². The number of hydrogen-bond donors (Lipinski definition) is 3. The van der Waals surface area contributed by atoms with Gasteiger partial charge in [-0.15, -0.1) is 0 Å². The van der Waals surface area contributed by atoms with Crippen LogP contribution in [0.2, 0.25) is 0 Å². The molecule has 11 heteroatoms. The van der Waals surface area contributed by atoms with Gasteiger partial charge in [0.25, 0.3) is 0 Å². The molecule has 12 rings (SSSR count). The SMILES string of the molecule is COC[C@@H](CCO)c1c(CO)c2ccc3c(c2oc1=O)[C@H]1OC(=O)C[C@@H]2C[C@H](c4cccc([C@@]56CCCC[C@@H]5CCc5ccccc56)c4)CC[C@H]2c2ccc(cc2)CC/C(=C(\C)CO)C(=O)O[C@@H]1[C@](C)(C1CCCCC1)O3. The fraction of sp³-hybridized carbons (Fsp3) is 0.530. The molecule has 1 aromatic heterocycles. The number of benzene rings is 4. The molecule has 3 N–H and O–H groups in total. The smallest absolute Gasteiger partial charge is 0.340 e. The highest BCUT2D eigenvalue weighted by atomic mass is 16.6. The Kier molecular flexibility index (Phi) is 15.7. The normalized spacial score (nSPS) is 28.9. The first kappa shape index (κ1) is 53.4. The number of aliphatic hydroxyl groups excluding tert-OH is 3. The number of carbonyl (C=O) groups is 2. The third kappa shape index (κ3) is 9.90. The van der Waals surface area contributed by atoms with Crippen molar-refractivity contribution in [3.8, 4) is 5.75 Å². The van der Waals surface area contributed by atoms with Crippen LogP contribution in [0.1, 0.15) is 191 Å². The van der Waals surface area contributed by atoms with Gasteiger partial charge in [-0.3, -0.25) is 4.79 Å². The van der Waals surface area contributed by atoms with E-state index in [9.17, 15) is 20.1 Å². The molecule has 3 saturated carbocycles. The Hall–Kier alpha value is -5.59. The molecule has 0 amide bonds. The molecule has 5 aromatic rings. The monoisotopic (exact) mass is 1050 g/mol. The molecule has 4 heterocycles. The predicted octanol–water partition coefficient (Wildman–Crippen LogP) is 12.1. The summed E-state index contributed by atoms with van der Waals surface area (Å²) in [5.74, 6) is -0.685. The van der Waals surface area contributed by atoms with Gasteiger partial charge in [-0.25, -0.2) is 9.59 Å². The summed E-state index contributed by atoms with van der Waals surface area (Å²) in [6.07, 6.45) is 13.0. The average molecular weight is 1050 g/mol. The molecule has 2 bridgehead atoms. The maximum absolute atomic E-state index is 15.5. The highest BCUT2D eigenvalue weighted by Gasteiger charge is 2.57. The highest BCUT2D eigenvalue weighted by molar-refractivity contribution is 5.90. The maximum Gasteiger partial charge on any atom is 0.340 e. The van der Waals surface area contributed by atoms with Crippen molar-refractivity contribution in [2.45, 2.75) is 177 Å². The summed E-state index contributed by atoms with van der Waals surface area (Å²) in [7, 11) is 1.52. The number of fused-ring (bicyclic) bond motifs is 14. The zero-order chi connectivity index (χ0) is 53.4. The number of aliphatic hydroxyl groups is 3. The molecule has 4 aromatic carbocycles. The number of hydrogen-bond acceptors (Lipinski definition) is 11. The van der Waals surface area contributed by atoms with Crippen LogP contribution in [0.4, 0.5) is 0 Å².